The normalized spacial score (nSPS) is 12.6. The monoisotopic (exact) mass is 438 g/mol. The van der Waals surface area contributed by atoms with Crippen molar-refractivity contribution in [3.05, 3.63) is 59.7 Å². The average Bonchev–Trinajstić information content (AvgIpc) is 2.52. The zero-order chi connectivity index (χ0) is 21.2. The highest BCUT2D eigenvalue weighted by molar-refractivity contribution is 6.75. The number of alkyl halides is 6. The van der Waals surface area contributed by atoms with E-state index in [1.165, 1.54) is 0 Å². The molecule has 0 saturated heterocycles. The van der Waals surface area contributed by atoms with Crippen LogP contribution >= 0.6 is 0 Å². The summed E-state index contributed by atoms with van der Waals surface area (Å²) in [5.41, 5.74) is -1.65. The van der Waals surface area contributed by atoms with Crippen molar-refractivity contribution in [1.29, 1.82) is 0 Å². The molecule has 0 N–H and O–H groups in total. The largest absolute Gasteiger partial charge is 1.09 e. The maximum atomic E-state index is 12.7. The minimum absolute atomic E-state index is 0.120. The van der Waals surface area contributed by atoms with Crippen molar-refractivity contribution in [1.82, 2.24) is 0 Å². The average molecular weight is 438 g/mol. The van der Waals surface area contributed by atoms with Gasteiger partial charge in [-0.3, -0.25) is 0 Å². The zero-order valence-corrected chi connectivity index (χ0v) is 17.3. The highest BCUT2D eigenvalue weighted by atomic mass is 28.4. The molecule has 0 aliphatic rings. The van der Waals surface area contributed by atoms with Crippen LogP contribution in [0, 0.1) is 0 Å². The van der Waals surface area contributed by atoms with Crippen LogP contribution in [0.5, 0.6) is 11.5 Å². The van der Waals surface area contributed by atoms with Crippen LogP contribution in [0.3, 0.4) is 0 Å². The highest BCUT2D eigenvalue weighted by Crippen LogP contribution is 2.32. The van der Waals surface area contributed by atoms with E-state index >= 15 is 0 Å². The Morgan fingerprint density at radius 2 is 0.964 bits per heavy atom. The minimum atomic E-state index is -4.47. The molecule has 152 valence electrons. The van der Waals surface area contributed by atoms with Gasteiger partial charge in [0.2, 0.25) is 0 Å². The van der Waals surface area contributed by atoms with Crippen LogP contribution < -0.4 is 7.58 Å². The van der Waals surface area contributed by atoms with Gasteiger partial charge in [0, 0.05) is 0 Å². The van der Waals surface area contributed by atoms with Crippen LogP contribution in [0.1, 0.15) is 11.1 Å². The first kappa shape index (κ1) is 22.6. The lowest BCUT2D eigenvalue weighted by molar-refractivity contribution is -0.138. The Kier molecular flexibility index (Phi) is 6.76. The first-order valence-electron chi connectivity index (χ1n) is 8.10. The lowest BCUT2D eigenvalue weighted by Gasteiger charge is -2.23. The Hall–Kier alpha value is -1.67. The van der Waals surface area contributed by atoms with E-state index in [2.05, 4.69) is 0 Å². The van der Waals surface area contributed by atoms with Gasteiger partial charge in [0.25, 0.3) is 0 Å². The molecule has 0 saturated carbocycles. The Morgan fingerprint density at radius 1 is 0.643 bits per heavy atom. The van der Waals surface area contributed by atoms with Crippen molar-refractivity contribution in [3.8, 4) is 11.5 Å². The van der Waals surface area contributed by atoms with E-state index in [0.717, 1.165) is 48.5 Å². The summed E-state index contributed by atoms with van der Waals surface area (Å²) in [6, 6.07) is 8.06. The Bertz CT molecular complexity index is 710. The lowest BCUT2D eigenvalue weighted by Crippen LogP contribution is -2.43. The molecular formula is C17H17AlF6O3Si. The second kappa shape index (κ2) is 8.37. The lowest BCUT2D eigenvalue weighted by atomic mass is 10.2. The molecule has 2 aromatic carbocycles. The minimum Gasteiger partial charge on any atom is -0.589 e. The molecule has 28 heavy (non-hydrogen) atoms. The van der Waals surface area contributed by atoms with Gasteiger partial charge < -0.3 is 11.1 Å². The van der Waals surface area contributed by atoms with Crippen LogP contribution in [0.15, 0.2) is 48.5 Å². The predicted molar refractivity (Wildman–Crippen MR) is 94.3 cm³/mol. The van der Waals surface area contributed by atoms with E-state index in [1.807, 2.05) is 19.6 Å². The summed E-state index contributed by atoms with van der Waals surface area (Å²) < 4.78 is 92.9. The summed E-state index contributed by atoms with van der Waals surface area (Å²) in [4.78, 5) is 0. The van der Waals surface area contributed by atoms with Crippen LogP contribution in [-0.4, -0.2) is 23.5 Å². The molecule has 0 aliphatic heterocycles. The van der Waals surface area contributed by atoms with Gasteiger partial charge in [-0.1, -0.05) is 0 Å². The van der Waals surface area contributed by atoms with Crippen molar-refractivity contribution < 1.29 is 37.4 Å². The molecule has 0 unspecified atom stereocenters. The molecule has 0 spiro atoms. The van der Waals surface area contributed by atoms with E-state index in [0.29, 0.717) is 0 Å². The van der Waals surface area contributed by atoms with Gasteiger partial charge in [0.05, 0.1) is 22.6 Å². The van der Waals surface area contributed by atoms with E-state index in [9.17, 15) is 26.3 Å². The first-order chi connectivity index (χ1) is 12.7. The van der Waals surface area contributed by atoms with Gasteiger partial charge in [-0.2, -0.15) is 26.3 Å². The topological polar surface area (TPSA) is 27.7 Å². The fourth-order valence-corrected chi connectivity index (χ4v) is 5.53. The van der Waals surface area contributed by atoms with Crippen molar-refractivity contribution in [2.75, 3.05) is 0 Å². The fourth-order valence-electron chi connectivity index (χ4n) is 2.03. The maximum absolute atomic E-state index is 12.7. The summed E-state index contributed by atoms with van der Waals surface area (Å²) in [5, 5.41) is 0. The maximum Gasteiger partial charge on any atom is 1.09 e. The molecule has 0 atom stereocenters. The SMILES string of the molecule is C[Si](C)(C)[O][Al]([O]c1ccc(C(F)(F)F)cc1)[O]c1ccc(C(F)(F)F)cc1. The second-order valence-electron chi connectivity index (χ2n) is 6.80. The molecule has 0 bridgehead atoms. The second-order valence-corrected chi connectivity index (χ2v) is 13.0. The van der Waals surface area contributed by atoms with Crippen LogP contribution in [0.25, 0.3) is 0 Å². The summed E-state index contributed by atoms with van der Waals surface area (Å²) in [6.07, 6.45) is -8.94. The summed E-state index contributed by atoms with van der Waals surface area (Å²) in [7, 11) is -2.16. The van der Waals surface area contributed by atoms with Crippen LogP contribution in [-0.2, 0) is 15.8 Å². The Labute approximate surface area is 164 Å². The summed E-state index contributed by atoms with van der Waals surface area (Å²) >= 11 is -2.93. The zero-order valence-electron chi connectivity index (χ0n) is 15.2. The molecule has 3 nitrogen and oxygen atoms in total. The van der Waals surface area contributed by atoms with Gasteiger partial charge in [0.15, 0.2) is 8.32 Å². The van der Waals surface area contributed by atoms with E-state index < -0.39 is 46.9 Å². The van der Waals surface area contributed by atoms with Gasteiger partial charge >= 0.3 is 27.5 Å². The van der Waals surface area contributed by atoms with Crippen molar-refractivity contribution in [3.63, 3.8) is 0 Å². The third-order valence-corrected chi connectivity index (χ3v) is 7.81. The number of hydrogen-bond acceptors (Lipinski definition) is 3. The van der Waals surface area contributed by atoms with Gasteiger partial charge in [-0.05, 0) is 68.2 Å². The van der Waals surface area contributed by atoms with E-state index in [-0.39, 0.29) is 11.5 Å². The molecule has 0 amide bonds. The molecular weight excluding hydrogens is 421 g/mol. The van der Waals surface area contributed by atoms with Gasteiger partial charge in [-0.15, -0.1) is 0 Å². The third kappa shape index (κ3) is 7.05. The van der Waals surface area contributed by atoms with E-state index in [1.54, 1.807) is 0 Å². The van der Waals surface area contributed by atoms with Crippen molar-refractivity contribution in [2.24, 2.45) is 0 Å². The van der Waals surface area contributed by atoms with Gasteiger partial charge in [0.1, 0.15) is 0 Å². The molecule has 2 aromatic rings. The van der Waals surface area contributed by atoms with E-state index in [4.69, 9.17) is 11.1 Å². The van der Waals surface area contributed by atoms with Gasteiger partial charge in [-0.25, -0.2) is 0 Å². The van der Waals surface area contributed by atoms with Crippen LogP contribution in [0.4, 0.5) is 26.3 Å². The molecule has 0 fully saturated rings. The Balaban J connectivity index is 2.16. The fraction of sp³-hybridized carbons (Fsp3) is 0.294. The first-order valence-corrected chi connectivity index (χ1v) is 12.9. The molecule has 0 heterocycles. The number of hydrogen-bond donors (Lipinski definition) is 0. The van der Waals surface area contributed by atoms with Crippen molar-refractivity contribution in [2.45, 2.75) is 32.0 Å². The molecule has 0 aromatic heterocycles. The van der Waals surface area contributed by atoms with Crippen LogP contribution in [0.2, 0.25) is 19.6 Å². The number of benzene rings is 2. The smallest absolute Gasteiger partial charge is 0.589 e. The third-order valence-electron chi connectivity index (χ3n) is 3.28. The summed E-state index contributed by atoms with van der Waals surface area (Å²) in [5.74, 6) is 0.240. The Morgan fingerprint density at radius 3 is 1.21 bits per heavy atom. The standard InChI is InChI=1S/2C7H5F3O.C3H9OSi.Al/c2*8-7(9,10)5-1-3-6(11)4-2-5;1-5(2,3)4;/h2*1-4,11H;1-3H3;/q;;-1;+3/p-2. The van der Waals surface area contributed by atoms with Crippen molar-refractivity contribution >= 4 is 23.5 Å². The number of rotatable bonds is 6. The number of halogens is 6. The molecule has 0 aliphatic carbocycles. The molecule has 2 rings (SSSR count). The highest BCUT2D eigenvalue weighted by Gasteiger charge is 2.44. The molecule has 11 heteroatoms. The molecule has 0 radical (unpaired) electrons. The predicted octanol–water partition coefficient (Wildman–Crippen LogP) is 6.02. The summed E-state index contributed by atoms with van der Waals surface area (Å²) in [6.45, 7) is 5.58. The quantitative estimate of drug-likeness (QED) is 0.408.